The first-order valence-electron chi connectivity index (χ1n) is 11.5. The first-order valence-corrected chi connectivity index (χ1v) is 11.5. The number of rotatable bonds is 10. The average Bonchev–Trinajstić information content (AvgIpc) is 2.84. The van der Waals surface area contributed by atoms with Crippen LogP contribution in [0, 0.1) is 5.92 Å². The summed E-state index contributed by atoms with van der Waals surface area (Å²) in [6.07, 6.45) is 7.50. The van der Waals surface area contributed by atoms with Crippen LogP contribution in [0.5, 0.6) is 11.5 Å². The third kappa shape index (κ3) is 6.51. The topological polar surface area (TPSA) is 76.5 Å². The molecular weight excluding hydrogens is 416 g/mol. The lowest BCUT2D eigenvalue weighted by Gasteiger charge is -2.17. The molecule has 1 aliphatic heterocycles. The van der Waals surface area contributed by atoms with Gasteiger partial charge < -0.3 is 19.9 Å². The summed E-state index contributed by atoms with van der Waals surface area (Å²) in [5.74, 6) is 0.999. The number of aromatic nitrogens is 2. The van der Waals surface area contributed by atoms with Crippen LogP contribution in [-0.2, 0) is 17.8 Å². The van der Waals surface area contributed by atoms with Crippen molar-refractivity contribution >= 4 is 5.82 Å². The van der Waals surface area contributed by atoms with Gasteiger partial charge in [0.15, 0.2) is 0 Å². The number of hydrogen-bond donors (Lipinski definition) is 2. The summed E-state index contributed by atoms with van der Waals surface area (Å²) in [7, 11) is 0. The zero-order chi connectivity index (χ0) is 22.9. The Kier molecular flexibility index (Phi) is 9.02. The Balaban J connectivity index is 1.84. The van der Waals surface area contributed by atoms with Crippen LogP contribution in [0.2, 0.25) is 0 Å². The molecule has 1 atom stereocenters. The van der Waals surface area contributed by atoms with Crippen molar-refractivity contribution in [2.24, 2.45) is 5.92 Å². The summed E-state index contributed by atoms with van der Waals surface area (Å²) in [4.78, 5) is 0. The Morgan fingerprint density at radius 2 is 2.00 bits per heavy atom. The summed E-state index contributed by atoms with van der Waals surface area (Å²) >= 11 is 0. The molecule has 0 spiro atoms. The van der Waals surface area contributed by atoms with Gasteiger partial charge in [0.25, 0.3) is 0 Å². The van der Waals surface area contributed by atoms with Crippen LogP contribution in [0.15, 0.2) is 18.2 Å². The van der Waals surface area contributed by atoms with Crippen LogP contribution in [0.1, 0.15) is 63.5 Å². The number of phenolic OH excluding ortho intramolecular Hbond substituents is 1. The van der Waals surface area contributed by atoms with Crippen molar-refractivity contribution in [3.8, 4) is 22.8 Å². The molecule has 176 valence electrons. The Bertz CT molecular complexity index is 880. The molecule has 0 bridgehead atoms. The molecule has 0 saturated carbocycles. The Morgan fingerprint density at radius 3 is 2.75 bits per heavy atom. The van der Waals surface area contributed by atoms with E-state index in [2.05, 4.69) is 34.1 Å². The molecule has 0 radical (unpaired) electrons. The maximum absolute atomic E-state index is 12.7. The van der Waals surface area contributed by atoms with Crippen LogP contribution in [0.4, 0.5) is 14.6 Å². The summed E-state index contributed by atoms with van der Waals surface area (Å²) in [5.41, 5.74) is 2.48. The number of halogens is 2. The largest absolute Gasteiger partial charge is 0.507 e. The van der Waals surface area contributed by atoms with Gasteiger partial charge in [0.2, 0.25) is 0 Å². The lowest BCUT2D eigenvalue weighted by atomic mass is 9.97. The van der Waals surface area contributed by atoms with E-state index in [4.69, 9.17) is 4.74 Å². The third-order valence-corrected chi connectivity index (χ3v) is 5.87. The maximum atomic E-state index is 12.7. The van der Waals surface area contributed by atoms with Gasteiger partial charge in [-0.3, -0.25) is 0 Å². The van der Waals surface area contributed by atoms with Crippen LogP contribution in [0.3, 0.4) is 0 Å². The Labute approximate surface area is 188 Å². The van der Waals surface area contributed by atoms with E-state index in [0.29, 0.717) is 41.6 Å². The van der Waals surface area contributed by atoms with Crippen LogP contribution in [0.25, 0.3) is 11.3 Å². The van der Waals surface area contributed by atoms with Gasteiger partial charge in [0.05, 0.1) is 6.61 Å². The van der Waals surface area contributed by atoms with E-state index in [-0.39, 0.29) is 18.1 Å². The van der Waals surface area contributed by atoms with Gasteiger partial charge in [-0.05, 0) is 48.4 Å². The molecular formula is C24H33F2N3O3. The highest BCUT2D eigenvalue weighted by atomic mass is 19.3. The second kappa shape index (κ2) is 11.9. The fraction of sp³-hybridized carbons (Fsp3) is 0.583. The quantitative estimate of drug-likeness (QED) is 0.438. The smallest absolute Gasteiger partial charge is 0.387 e. The fourth-order valence-corrected chi connectivity index (χ4v) is 4.06. The Hall–Kier alpha value is -2.48. The molecule has 2 N–H and O–H groups in total. The number of ether oxygens (including phenoxy) is 2. The van der Waals surface area contributed by atoms with Crippen molar-refractivity contribution in [1.82, 2.24) is 10.2 Å². The van der Waals surface area contributed by atoms with E-state index in [1.807, 2.05) is 6.07 Å². The van der Waals surface area contributed by atoms with E-state index in [0.717, 1.165) is 24.9 Å². The predicted molar refractivity (Wildman–Crippen MR) is 120 cm³/mol. The molecule has 8 heteroatoms. The number of fused-ring (bicyclic) bond motifs is 3. The molecule has 0 amide bonds. The summed E-state index contributed by atoms with van der Waals surface area (Å²) in [5, 5.41) is 22.8. The number of benzene rings is 1. The lowest BCUT2D eigenvalue weighted by Crippen LogP contribution is -2.15. The number of anilines is 1. The zero-order valence-electron chi connectivity index (χ0n) is 18.9. The zero-order valence-corrected chi connectivity index (χ0v) is 18.9. The van der Waals surface area contributed by atoms with E-state index in [1.165, 1.54) is 37.8 Å². The van der Waals surface area contributed by atoms with Crippen molar-refractivity contribution in [2.45, 2.75) is 72.0 Å². The van der Waals surface area contributed by atoms with Gasteiger partial charge in [0, 0.05) is 24.8 Å². The SMILES string of the molecule is CCCCCC(CC)CNc1cc2c(nn1)-c1c(O)cc(OC(F)F)cc1COCCC2. The Morgan fingerprint density at radius 1 is 1.16 bits per heavy atom. The summed E-state index contributed by atoms with van der Waals surface area (Å²) in [6.45, 7) is 2.97. The van der Waals surface area contributed by atoms with E-state index in [1.54, 1.807) is 0 Å². The van der Waals surface area contributed by atoms with E-state index >= 15 is 0 Å². The van der Waals surface area contributed by atoms with Crippen LogP contribution < -0.4 is 10.1 Å². The van der Waals surface area contributed by atoms with Gasteiger partial charge in [-0.15, -0.1) is 10.2 Å². The second-order valence-corrected chi connectivity index (χ2v) is 8.27. The molecule has 2 aromatic rings. The molecule has 0 fully saturated rings. The van der Waals surface area contributed by atoms with Crippen LogP contribution >= 0.6 is 0 Å². The highest BCUT2D eigenvalue weighted by Gasteiger charge is 2.21. The van der Waals surface area contributed by atoms with Crippen molar-refractivity contribution in [3.05, 3.63) is 29.3 Å². The molecule has 2 heterocycles. The summed E-state index contributed by atoms with van der Waals surface area (Å²) < 4.78 is 35.5. The highest BCUT2D eigenvalue weighted by Crippen LogP contribution is 2.39. The number of aryl methyl sites for hydroxylation is 1. The molecule has 32 heavy (non-hydrogen) atoms. The number of aromatic hydroxyl groups is 1. The maximum Gasteiger partial charge on any atom is 0.387 e. The fourth-order valence-electron chi connectivity index (χ4n) is 4.06. The number of nitrogens with zero attached hydrogens (tertiary/aromatic N) is 2. The van der Waals surface area contributed by atoms with Gasteiger partial charge in [-0.2, -0.15) is 8.78 Å². The first-order chi connectivity index (χ1) is 15.5. The number of hydrogen-bond acceptors (Lipinski definition) is 6. The molecule has 1 unspecified atom stereocenters. The van der Waals surface area contributed by atoms with E-state index < -0.39 is 6.61 Å². The van der Waals surface area contributed by atoms with Crippen LogP contribution in [-0.4, -0.2) is 35.1 Å². The molecule has 1 aromatic carbocycles. The standard InChI is InChI=1S/C24H33F2N3O3/c1-3-5-6-8-16(4-2)14-27-21-12-17-9-7-10-31-15-18-11-19(32-24(25)26)13-20(30)22(18)23(17)29-28-21/h11-13,16,24,30H,3-10,14-15H2,1-2H3,(H,27,28). The monoisotopic (exact) mass is 449 g/mol. The van der Waals surface area contributed by atoms with Crippen molar-refractivity contribution < 1.29 is 23.4 Å². The molecule has 6 nitrogen and oxygen atoms in total. The number of nitrogens with one attached hydrogen (secondary N) is 1. The summed E-state index contributed by atoms with van der Waals surface area (Å²) in [6, 6.07) is 4.62. The molecule has 3 rings (SSSR count). The van der Waals surface area contributed by atoms with E-state index in [9.17, 15) is 13.9 Å². The predicted octanol–water partition coefficient (Wildman–Crippen LogP) is 5.93. The number of phenols is 1. The number of unbranched alkanes of at least 4 members (excludes halogenated alkanes) is 2. The molecule has 0 aliphatic carbocycles. The van der Waals surface area contributed by atoms with Gasteiger partial charge in [-0.1, -0.05) is 39.5 Å². The highest BCUT2D eigenvalue weighted by molar-refractivity contribution is 5.75. The van der Waals surface area contributed by atoms with Gasteiger partial charge in [0.1, 0.15) is 23.0 Å². The minimum Gasteiger partial charge on any atom is -0.507 e. The number of alkyl halides is 2. The van der Waals surface area contributed by atoms with Crippen molar-refractivity contribution in [1.29, 1.82) is 0 Å². The van der Waals surface area contributed by atoms with Gasteiger partial charge >= 0.3 is 6.61 Å². The minimum absolute atomic E-state index is 0.111. The van der Waals surface area contributed by atoms with Gasteiger partial charge in [-0.25, -0.2) is 0 Å². The molecule has 1 aromatic heterocycles. The third-order valence-electron chi connectivity index (χ3n) is 5.87. The van der Waals surface area contributed by atoms with Crippen molar-refractivity contribution in [3.63, 3.8) is 0 Å². The normalized spacial score (nSPS) is 14.7. The average molecular weight is 450 g/mol. The molecule has 0 saturated heterocycles. The minimum atomic E-state index is -2.97. The van der Waals surface area contributed by atoms with Crippen molar-refractivity contribution in [2.75, 3.05) is 18.5 Å². The first kappa shape index (κ1) is 24.2. The second-order valence-electron chi connectivity index (χ2n) is 8.27. The molecule has 1 aliphatic rings. The lowest BCUT2D eigenvalue weighted by molar-refractivity contribution is -0.0500.